The topological polar surface area (TPSA) is 31.9 Å². The number of H-pyrrole nitrogens is 1. The molecule has 3 heteroatoms. The molecule has 1 rings (SSSR count). The Hall–Kier alpha value is -0.990. The molecule has 0 aliphatic heterocycles. The first kappa shape index (κ1) is 9.10. The van der Waals surface area contributed by atoms with Crippen molar-refractivity contribution in [3.8, 4) is 0 Å². The van der Waals surface area contributed by atoms with E-state index in [0.717, 1.165) is 5.82 Å². The van der Waals surface area contributed by atoms with E-state index in [4.69, 9.17) is 0 Å². The van der Waals surface area contributed by atoms with E-state index in [-0.39, 0.29) is 5.41 Å². The van der Waals surface area contributed by atoms with E-state index in [9.17, 15) is 0 Å². The number of anilines is 1. The summed E-state index contributed by atoms with van der Waals surface area (Å²) < 4.78 is 0. The fraction of sp³-hybridized carbons (Fsp3) is 0.667. The molecule has 3 nitrogen and oxygen atoms in total. The Morgan fingerprint density at radius 2 is 1.92 bits per heavy atom. The van der Waals surface area contributed by atoms with Crippen molar-refractivity contribution in [2.45, 2.75) is 26.2 Å². The van der Waals surface area contributed by atoms with Gasteiger partial charge in [-0.3, -0.25) is 5.10 Å². The van der Waals surface area contributed by atoms with Crippen molar-refractivity contribution in [1.29, 1.82) is 0 Å². The molecular weight excluding hydrogens is 150 g/mol. The van der Waals surface area contributed by atoms with Crippen LogP contribution in [0.2, 0.25) is 0 Å². The molecule has 1 aromatic heterocycles. The van der Waals surface area contributed by atoms with Crippen LogP contribution in [-0.4, -0.2) is 24.3 Å². The van der Waals surface area contributed by atoms with Crippen molar-refractivity contribution in [1.82, 2.24) is 10.2 Å². The van der Waals surface area contributed by atoms with E-state index in [1.165, 1.54) is 5.56 Å². The number of hydrogen-bond donors (Lipinski definition) is 1. The zero-order valence-electron chi connectivity index (χ0n) is 8.47. The van der Waals surface area contributed by atoms with Gasteiger partial charge in [0.1, 0.15) is 5.82 Å². The first-order valence-electron chi connectivity index (χ1n) is 4.14. The van der Waals surface area contributed by atoms with Gasteiger partial charge in [-0.2, -0.15) is 5.10 Å². The highest BCUT2D eigenvalue weighted by Gasteiger charge is 2.20. The molecule has 0 aromatic carbocycles. The predicted molar refractivity (Wildman–Crippen MR) is 51.6 cm³/mol. The summed E-state index contributed by atoms with van der Waals surface area (Å²) in [5.41, 5.74) is 1.42. The number of nitrogens with zero attached hydrogens (tertiary/aromatic N) is 2. The Balaban J connectivity index is 3.08. The van der Waals surface area contributed by atoms with Gasteiger partial charge in [0.2, 0.25) is 0 Å². The molecule has 0 fully saturated rings. The largest absolute Gasteiger partial charge is 0.363 e. The first-order chi connectivity index (χ1) is 5.43. The molecule has 68 valence electrons. The van der Waals surface area contributed by atoms with Crippen LogP contribution in [0.3, 0.4) is 0 Å². The van der Waals surface area contributed by atoms with E-state index in [2.05, 4.69) is 31.0 Å². The van der Waals surface area contributed by atoms with Gasteiger partial charge < -0.3 is 4.90 Å². The van der Waals surface area contributed by atoms with E-state index < -0.39 is 0 Å². The summed E-state index contributed by atoms with van der Waals surface area (Å²) in [6.07, 6.45) is 1.90. The van der Waals surface area contributed by atoms with E-state index in [1.807, 2.05) is 25.2 Å². The van der Waals surface area contributed by atoms with Gasteiger partial charge in [-0.15, -0.1) is 0 Å². The zero-order valence-corrected chi connectivity index (χ0v) is 8.47. The van der Waals surface area contributed by atoms with Gasteiger partial charge in [0.05, 0.1) is 6.20 Å². The molecule has 0 atom stereocenters. The van der Waals surface area contributed by atoms with Crippen molar-refractivity contribution in [3.05, 3.63) is 11.8 Å². The van der Waals surface area contributed by atoms with Crippen LogP contribution in [0, 0.1) is 0 Å². The Morgan fingerprint density at radius 3 is 2.25 bits per heavy atom. The van der Waals surface area contributed by atoms with Crippen LogP contribution in [0.5, 0.6) is 0 Å². The fourth-order valence-electron chi connectivity index (χ4n) is 1.17. The molecule has 0 saturated carbocycles. The van der Waals surface area contributed by atoms with Crippen LogP contribution in [0.1, 0.15) is 26.3 Å². The molecule has 1 aromatic rings. The van der Waals surface area contributed by atoms with Crippen LogP contribution < -0.4 is 4.90 Å². The van der Waals surface area contributed by atoms with Crippen molar-refractivity contribution in [3.63, 3.8) is 0 Å². The van der Waals surface area contributed by atoms with Crippen LogP contribution in [-0.2, 0) is 5.41 Å². The number of aromatic amines is 1. The van der Waals surface area contributed by atoms with Crippen LogP contribution in [0.15, 0.2) is 6.20 Å². The quantitative estimate of drug-likeness (QED) is 0.691. The predicted octanol–water partition coefficient (Wildman–Crippen LogP) is 1.77. The van der Waals surface area contributed by atoms with Crippen LogP contribution in [0.4, 0.5) is 5.82 Å². The van der Waals surface area contributed by atoms with Crippen molar-refractivity contribution in [2.24, 2.45) is 0 Å². The molecule has 0 radical (unpaired) electrons. The highest BCUT2D eigenvalue weighted by Crippen LogP contribution is 2.28. The van der Waals surface area contributed by atoms with Gasteiger partial charge in [0.25, 0.3) is 0 Å². The lowest BCUT2D eigenvalue weighted by molar-refractivity contribution is 0.590. The Labute approximate surface area is 73.8 Å². The summed E-state index contributed by atoms with van der Waals surface area (Å²) in [5, 5.41) is 7.03. The molecule has 0 aliphatic carbocycles. The standard InChI is InChI=1S/C9H17N3/c1-9(2,3)7-6-10-11-8(7)12(4)5/h6H,1-5H3,(H,10,11). The molecule has 12 heavy (non-hydrogen) atoms. The average Bonchev–Trinajstić information content (AvgIpc) is 2.30. The smallest absolute Gasteiger partial charge is 0.127 e. The van der Waals surface area contributed by atoms with Crippen LogP contribution in [0.25, 0.3) is 0 Å². The average molecular weight is 167 g/mol. The lowest BCUT2D eigenvalue weighted by Gasteiger charge is -2.21. The summed E-state index contributed by atoms with van der Waals surface area (Å²) in [6, 6.07) is 0. The van der Waals surface area contributed by atoms with Crippen molar-refractivity contribution < 1.29 is 0 Å². The summed E-state index contributed by atoms with van der Waals surface area (Å²) in [7, 11) is 4.03. The third kappa shape index (κ3) is 1.60. The van der Waals surface area contributed by atoms with Gasteiger partial charge in [0, 0.05) is 19.7 Å². The maximum Gasteiger partial charge on any atom is 0.127 e. The first-order valence-corrected chi connectivity index (χ1v) is 4.14. The molecular formula is C9H17N3. The van der Waals surface area contributed by atoms with E-state index in [1.54, 1.807) is 0 Å². The maximum absolute atomic E-state index is 4.04. The van der Waals surface area contributed by atoms with Gasteiger partial charge in [0.15, 0.2) is 0 Å². The summed E-state index contributed by atoms with van der Waals surface area (Å²) in [4.78, 5) is 2.05. The minimum Gasteiger partial charge on any atom is -0.363 e. The normalized spacial score (nSPS) is 11.8. The second-order valence-corrected chi connectivity index (χ2v) is 4.28. The van der Waals surface area contributed by atoms with Gasteiger partial charge in [-0.1, -0.05) is 20.8 Å². The molecule has 0 unspecified atom stereocenters. The molecule has 0 saturated heterocycles. The van der Waals surface area contributed by atoms with Crippen molar-refractivity contribution in [2.75, 3.05) is 19.0 Å². The molecule has 0 aliphatic rings. The molecule has 0 spiro atoms. The molecule has 0 bridgehead atoms. The monoisotopic (exact) mass is 167 g/mol. The minimum atomic E-state index is 0.159. The number of hydrogen-bond acceptors (Lipinski definition) is 2. The molecule has 1 N–H and O–H groups in total. The number of rotatable bonds is 1. The summed E-state index contributed by atoms with van der Waals surface area (Å²) >= 11 is 0. The highest BCUT2D eigenvalue weighted by molar-refractivity contribution is 5.47. The third-order valence-corrected chi connectivity index (χ3v) is 1.87. The van der Waals surface area contributed by atoms with Gasteiger partial charge in [-0.05, 0) is 5.41 Å². The van der Waals surface area contributed by atoms with E-state index >= 15 is 0 Å². The second kappa shape index (κ2) is 2.81. The Bertz CT molecular complexity index is 255. The SMILES string of the molecule is CN(C)c1[nH]ncc1C(C)(C)C. The lowest BCUT2D eigenvalue weighted by atomic mass is 9.89. The van der Waals surface area contributed by atoms with Gasteiger partial charge >= 0.3 is 0 Å². The fourth-order valence-corrected chi connectivity index (χ4v) is 1.17. The maximum atomic E-state index is 4.04. The highest BCUT2D eigenvalue weighted by atomic mass is 15.2. The van der Waals surface area contributed by atoms with Crippen LogP contribution >= 0.6 is 0 Å². The molecule has 1 heterocycles. The minimum absolute atomic E-state index is 0.159. The second-order valence-electron chi connectivity index (χ2n) is 4.28. The number of aromatic nitrogens is 2. The lowest BCUT2D eigenvalue weighted by Crippen LogP contribution is -2.18. The van der Waals surface area contributed by atoms with Gasteiger partial charge in [-0.25, -0.2) is 0 Å². The summed E-state index contributed by atoms with van der Waals surface area (Å²) in [6.45, 7) is 6.56. The van der Waals surface area contributed by atoms with Crippen molar-refractivity contribution >= 4 is 5.82 Å². The Morgan fingerprint density at radius 1 is 1.33 bits per heavy atom. The third-order valence-electron chi connectivity index (χ3n) is 1.87. The van der Waals surface area contributed by atoms with E-state index in [0.29, 0.717) is 0 Å². The summed E-state index contributed by atoms with van der Waals surface area (Å²) in [5.74, 6) is 1.10. The number of nitrogens with one attached hydrogen (secondary N) is 1. The molecule has 0 amide bonds. The Kier molecular flexibility index (Phi) is 2.13. The zero-order chi connectivity index (χ0) is 9.35.